The van der Waals surface area contributed by atoms with Crippen molar-refractivity contribution in [1.82, 2.24) is 0 Å². The molecule has 0 aliphatic carbocycles. The van der Waals surface area contributed by atoms with E-state index in [1.807, 2.05) is 24.3 Å². The lowest BCUT2D eigenvalue weighted by Crippen LogP contribution is -1.90. The fourth-order valence-corrected chi connectivity index (χ4v) is 2.53. The zero-order valence-electron chi connectivity index (χ0n) is 14.1. The predicted octanol–water partition coefficient (Wildman–Crippen LogP) is 6.85. The van der Waals surface area contributed by atoms with Gasteiger partial charge in [-0.15, -0.1) is 0 Å². The van der Waals surface area contributed by atoms with Crippen LogP contribution in [-0.2, 0) is 0 Å². The molecule has 0 aromatic heterocycles. The van der Waals surface area contributed by atoms with Crippen molar-refractivity contribution in [2.45, 2.75) is 0 Å². The molecule has 3 aromatic rings. The molecular formula is C24H21N. The monoisotopic (exact) mass is 323 g/mol. The molecule has 0 fully saturated rings. The molecule has 0 atom stereocenters. The van der Waals surface area contributed by atoms with Crippen molar-refractivity contribution >= 4 is 17.5 Å². The lowest BCUT2D eigenvalue weighted by atomic mass is 10.1. The summed E-state index contributed by atoms with van der Waals surface area (Å²) < 4.78 is 0. The second-order valence-electron chi connectivity index (χ2n) is 5.67. The van der Waals surface area contributed by atoms with Crippen molar-refractivity contribution in [3.8, 4) is 11.1 Å². The summed E-state index contributed by atoms with van der Waals surface area (Å²) in [6.45, 7) is 3.65. The molecule has 0 saturated carbocycles. The Morgan fingerprint density at radius 2 is 1.20 bits per heavy atom. The molecule has 1 nitrogen and oxygen atoms in total. The summed E-state index contributed by atoms with van der Waals surface area (Å²) in [6.07, 6.45) is 9.71. The average molecular weight is 323 g/mol. The Hall–Kier alpha value is -3.32. The van der Waals surface area contributed by atoms with Crippen LogP contribution in [0.15, 0.2) is 110 Å². The molecule has 0 heterocycles. The van der Waals surface area contributed by atoms with Crippen LogP contribution in [0.5, 0.6) is 0 Å². The van der Waals surface area contributed by atoms with Crippen molar-refractivity contribution in [1.29, 1.82) is 0 Å². The first-order valence-electron chi connectivity index (χ1n) is 8.33. The third-order valence-corrected chi connectivity index (χ3v) is 3.84. The van der Waals surface area contributed by atoms with Crippen molar-refractivity contribution < 1.29 is 0 Å². The first-order chi connectivity index (χ1) is 12.3. The normalized spacial score (nSPS) is 11.0. The van der Waals surface area contributed by atoms with Gasteiger partial charge in [0.1, 0.15) is 0 Å². The van der Waals surface area contributed by atoms with Crippen molar-refractivity contribution in [3.63, 3.8) is 0 Å². The number of anilines is 2. The Kier molecular flexibility index (Phi) is 5.63. The van der Waals surface area contributed by atoms with Crippen molar-refractivity contribution in [2.75, 3.05) is 5.32 Å². The number of benzene rings is 3. The van der Waals surface area contributed by atoms with Gasteiger partial charge in [-0.05, 0) is 41.0 Å². The third kappa shape index (κ3) is 4.82. The minimum Gasteiger partial charge on any atom is -0.356 e. The lowest BCUT2D eigenvalue weighted by Gasteiger charge is -2.08. The molecule has 0 spiro atoms. The summed E-state index contributed by atoms with van der Waals surface area (Å²) in [5, 5.41) is 3.43. The lowest BCUT2D eigenvalue weighted by molar-refractivity contribution is 1.53. The van der Waals surface area contributed by atoms with Crippen LogP contribution in [0.3, 0.4) is 0 Å². The average Bonchev–Trinajstić information content (AvgIpc) is 2.68. The fraction of sp³-hybridized carbons (Fsp3) is 0. The van der Waals surface area contributed by atoms with E-state index in [0.717, 1.165) is 11.4 Å². The number of hydrogen-bond donors (Lipinski definition) is 1. The van der Waals surface area contributed by atoms with Crippen molar-refractivity contribution in [3.05, 3.63) is 115 Å². The highest BCUT2D eigenvalue weighted by Crippen LogP contribution is 2.23. The van der Waals surface area contributed by atoms with Gasteiger partial charge in [-0.25, -0.2) is 0 Å². The molecule has 0 saturated heterocycles. The number of rotatable bonds is 6. The molecule has 3 rings (SSSR count). The molecule has 3 aromatic carbocycles. The number of allylic oxidation sites excluding steroid dienone is 4. The molecule has 0 radical (unpaired) electrons. The van der Waals surface area contributed by atoms with E-state index < -0.39 is 0 Å². The predicted molar refractivity (Wildman–Crippen MR) is 110 cm³/mol. The number of hydrogen-bond acceptors (Lipinski definition) is 1. The summed E-state index contributed by atoms with van der Waals surface area (Å²) in [5.41, 5.74) is 5.77. The number of nitrogens with one attached hydrogen (secondary N) is 1. The highest BCUT2D eigenvalue weighted by atomic mass is 14.9. The quantitative estimate of drug-likeness (QED) is 0.489. The maximum absolute atomic E-state index is 3.65. The van der Waals surface area contributed by atoms with Gasteiger partial charge in [-0.1, -0.05) is 91.6 Å². The van der Waals surface area contributed by atoms with Crippen LogP contribution in [0.1, 0.15) is 5.56 Å². The van der Waals surface area contributed by atoms with Gasteiger partial charge in [0.25, 0.3) is 0 Å². The van der Waals surface area contributed by atoms with E-state index in [0.29, 0.717) is 0 Å². The summed E-state index contributed by atoms with van der Waals surface area (Å²) in [5.74, 6) is 0. The minimum absolute atomic E-state index is 1.08. The van der Waals surface area contributed by atoms with Crippen LogP contribution in [-0.4, -0.2) is 0 Å². The largest absolute Gasteiger partial charge is 0.356 e. The van der Waals surface area contributed by atoms with Gasteiger partial charge in [0.05, 0.1) is 0 Å². The molecule has 0 aliphatic rings. The van der Waals surface area contributed by atoms with Gasteiger partial charge >= 0.3 is 0 Å². The van der Waals surface area contributed by atoms with Gasteiger partial charge in [0.2, 0.25) is 0 Å². The van der Waals surface area contributed by atoms with Gasteiger partial charge in [0.15, 0.2) is 0 Å². The topological polar surface area (TPSA) is 12.0 Å². The molecule has 0 unspecified atom stereocenters. The maximum Gasteiger partial charge on any atom is 0.0384 e. The van der Waals surface area contributed by atoms with Gasteiger partial charge in [-0.3, -0.25) is 0 Å². The molecule has 122 valence electrons. The maximum atomic E-state index is 3.65. The van der Waals surface area contributed by atoms with Gasteiger partial charge < -0.3 is 5.32 Å². The summed E-state index contributed by atoms with van der Waals surface area (Å²) in [7, 11) is 0. The van der Waals surface area contributed by atoms with Crippen molar-refractivity contribution in [2.24, 2.45) is 0 Å². The minimum atomic E-state index is 1.08. The third-order valence-electron chi connectivity index (χ3n) is 3.84. The summed E-state index contributed by atoms with van der Waals surface area (Å²) in [4.78, 5) is 0. The highest BCUT2D eigenvalue weighted by molar-refractivity contribution is 5.68. The van der Waals surface area contributed by atoms with Crippen LogP contribution < -0.4 is 5.32 Å². The summed E-state index contributed by atoms with van der Waals surface area (Å²) in [6, 6.07) is 27.3. The van der Waals surface area contributed by atoms with Crippen LogP contribution >= 0.6 is 0 Å². The zero-order valence-corrected chi connectivity index (χ0v) is 14.1. The van der Waals surface area contributed by atoms with Crippen LogP contribution in [0.25, 0.3) is 17.2 Å². The Morgan fingerprint density at radius 3 is 1.84 bits per heavy atom. The molecule has 1 N–H and O–H groups in total. The second kappa shape index (κ2) is 8.51. The molecule has 25 heavy (non-hydrogen) atoms. The van der Waals surface area contributed by atoms with Crippen LogP contribution in [0.4, 0.5) is 11.4 Å². The van der Waals surface area contributed by atoms with Gasteiger partial charge in [0, 0.05) is 11.4 Å². The second-order valence-corrected chi connectivity index (χ2v) is 5.67. The van der Waals surface area contributed by atoms with E-state index in [4.69, 9.17) is 0 Å². The summed E-state index contributed by atoms with van der Waals surface area (Å²) >= 11 is 0. The Bertz CT molecular complexity index is 854. The molecule has 0 bridgehead atoms. The standard InChI is InChI=1S/C24H21N/c1-2-3-4-6-9-20-12-16-23(17-13-20)25-24-18-14-22(15-19-24)21-10-7-5-8-11-21/h2-19,25H,1H2. The van der Waals surface area contributed by atoms with E-state index in [-0.39, 0.29) is 0 Å². The van der Waals surface area contributed by atoms with Crippen LogP contribution in [0.2, 0.25) is 0 Å². The SMILES string of the molecule is C=CC=CC=Cc1ccc(Nc2ccc(-c3ccccc3)cc2)cc1. The smallest absolute Gasteiger partial charge is 0.0384 e. The zero-order chi connectivity index (χ0) is 17.3. The van der Waals surface area contributed by atoms with Gasteiger partial charge in [-0.2, -0.15) is 0 Å². The highest BCUT2D eigenvalue weighted by Gasteiger charge is 1.98. The van der Waals surface area contributed by atoms with E-state index in [1.54, 1.807) is 6.08 Å². The first kappa shape index (κ1) is 16.5. The fourth-order valence-electron chi connectivity index (χ4n) is 2.53. The Labute approximate surface area is 149 Å². The Balaban J connectivity index is 1.65. The Morgan fingerprint density at radius 1 is 0.600 bits per heavy atom. The van der Waals surface area contributed by atoms with E-state index >= 15 is 0 Å². The first-order valence-corrected chi connectivity index (χ1v) is 8.33. The molecule has 1 heteroatoms. The van der Waals surface area contributed by atoms with E-state index in [9.17, 15) is 0 Å². The van der Waals surface area contributed by atoms with E-state index in [1.165, 1.54) is 16.7 Å². The molecule has 0 aliphatic heterocycles. The van der Waals surface area contributed by atoms with E-state index in [2.05, 4.69) is 90.8 Å². The molecule has 0 amide bonds. The molecular weight excluding hydrogens is 302 g/mol. The van der Waals surface area contributed by atoms with Crippen LogP contribution in [0, 0.1) is 0 Å².